The Morgan fingerprint density at radius 2 is 2.60 bits per heavy atom. The largest absolute Gasteiger partial charge is 0.323 e. The lowest BCUT2D eigenvalue weighted by molar-refractivity contribution is 0.912. The highest BCUT2D eigenvalue weighted by atomic mass is 32.1. The van der Waals surface area contributed by atoms with Crippen molar-refractivity contribution in [2.24, 2.45) is 0 Å². The van der Waals surface area contributed by atoms with Gasteiger partial charge in [0.15, 0.2) is 0 Å². The topological polar surface area (TPSA) is 45.8 Å². The van der Waals surface area contributed by atoms with Gasteiger partial charge in [0.2, 0.25) is 0 Å². The first kappa shape index (κ1) is 7.21. The number of nitrogens with one attached hydrogen (secondary N) is 1. The third-order valence-electron chi connectivity index (χ3n) is 1.07. The zero-order valence-electron chi connectivity index (χ0n) is 5.46. The average Bonchev–Trinajstić information content (AvgIpc) is 2.31. The van der Waals surface area contributed by atoms with Gasteiger partial charge in [0, 0.05) is 18.0 Å². The normalized spacial score (nSPS) is 9.60. The van der Waals surface area contributed by atoms with Crippen molar-refractivity contribution >= 4 is 11.5 Å². The number of hydrogen-bond donors (Lipinski definition) is 1. The van der Waals surface area contributed by atoms with Crippen LogP contribution >= 0.6 is 11.5 Å². The molecule has 1 aromatic rings. The molecule has 0 bridgehead atoms. The number of aryl methyl sites for hydroxylation is 1. The minimum atomic E-state index is -0.0842. The smallest absolute Gasteiger partial charge is 0.300 e. The predicted octanol–water partition coefficient (Wildman–Crippen LogP) is 0.950. The summed E-state index contributed by atoms with van der Waals surface area (Å²) in [5.74, 6) is 0.759. The fourth-order valence-corrected chi connectivity index (χ4v) is 1.10. The molecular weight excluding hydrogens is 148 g/mol. The molecule has 10 heavy (non-hydrogen) atoms. The van der Waals surface area contributed by atoms with Gasteiger partial charge in [-0.1, -0.05) is 6.08 Å². The van der Waals surface area contributed by atoms with Crippen molar-refractivity contribution < 1.29 is 0 Å². The average molecular weight is 156 g/mol. The van der Waals surface area contributed by atoms with Gasteiger partial charge < -0.3 is 0 Å². The molecule has 0 unspecified atom stereocenters. The summed E-state index contributed by atoms with van der Waals surface area (Å²) in [7, 11) is 0. The van der Waals surface area contributed by atoms with E-state index in [2.05, 4.69) is 15.9 Å². The second kappa shape index (κ2) is 3.31. The molecule has 3 nitrogen and oxygen atoms in total. The van der Waals surface area contributed by atoms with Crippen LogP contribution in [0.25, 0.3) is 0 Å². The molecule has 4 heteroatoms. The quantitative estimate of drug-likeness (QED) is 0.662. The first-order valence-corrected chi connectivity index (χ1v) is 3.76. The lowest BCUT2D eigenvalue weighted by Gasteiger charge is -1.85. The van der Waals surface area contributed by atoms with E-state index in [1.54, 1.807) is 6.08 Å². The second-order valence-corrected chi connectivity index (χ2v) is 2.61. The molecule has 0 saturated carbocycles. The molecule has 0 aliphatic rings. The van der Waals surface area contributed by atoms with Gasteiger partial charge in [-0.25, -0.2) is 0 Å². The molecule has 1 aromatic heterocycles. The summed E-state index contributed by atoms with van der Waals surface area (Å²) in [6.07, 6.45) is 3.44. The van der Waals surface area contributed by atoms with E-state index in [9.17, 15) is 4.79 Å². The van der Waals surface area contributed by atoms with E-state index >= 15 is 0 Å². The minimum absolute atomic E-state index is 0.0842. The molecule has 0 spiro atoms. The molecule has 0 saturated heterocycles. The van der Waals surface area contributed by atoms with Crippen LogP contribution in [0, 0.1) is 0 Å². The second-order valence-electron chi connectivity index (χ2n) is 1.87. The Morgan fingerprint density at radius 1 is 1.80 bits per heavy atom. The summed E-state index contributed by atoms with van der Waals surface area (Å²) in [5.41, 5.74) is 0. The summed E-state index contributed by atoms with van der Waals surface area (Å²) in [4.78, 5) is 13.1. The Balaban J connectivity index is 2.58. The monoisotopic (exact) mass is 156 g/mol. The van der Waals surface area contributed by atoms with E-state index < -0.39 is 0 Å². The highest BCUT2D eigenvalue weighted by Crippen LogP contribution is 1.93. The van der Waals surface area contributed by atoms with E-state index in [1.165, 1.54) is 0 Å². The van der Waals surface area contributed by atoms with Crippen molar-refractivity contribution in [3.63, 3.8) is 0 Å². The minimum Gasteiger partial charge on any atom is -0.300 e. The fraction of sp³-hybridized carbons (Fsp3) is 0.333. The van der Waals surface area contributed by atoms with Crippen molar-refractivity contribution in [1.29, 1.82) is 0 Å². The molecule has 0 atom stereocenters. The highest BCUT2D eigenvalue weighted by Gasteiger charge is 1.94. The molecule has 0 radical (unpaired) electrons. The van der Waals surface area contributed by atoms with Crippen LogP contribution in [-0.4, -0.2) is 9.36 Å². The third-order valence-corrected chi connectivity index (χ3v) is 1.65. The Hall–Kier alpha value is -0.900. The Bertz CT molecular complexity index is 263. The molecular formula is C6H8N2OS. The highest BCUT2D eigenvalue weighted by molar-refractivity contribution is 7.02. The van der Waals surface area contributed by atoms with E-state index in [4.69, 9.17) is 0 Å². The van der Waals surface area contributed by atoms with Gasteiger partial charge in [-0.05, 0) is 6.42 Å². The zero-order chi connectivity index (χ0) is 7.40. The SMILES string of the molecule is C=CCCc1nsc(=O)[nH]1. The fourth-order valence-electron chi connectivity index (χ4n) is 0.607. The number of aromatic amines is 1. The molecule has 1 rings (SSSR count). The van der Waals surface area contributed by atoms with Gasteiger partial charge >= 0.3 is 4.87 Å². The lowest BCUT2D eigenvalue weighted by atomic mass is 10.3. The van der Waals surface area contributed by atoms with Crippen molar-refractivity contribution in [2.45, 2.75) is 12.8 Å². The predicted molar refractivity (Wildman–Crippen MR) is 41.3 cm³/mol. The number of nitrogens with zero attached hydrogens (tertiary/aromatic N) is 1. The van der Waals surface area contributed by atoms with E-state index in [1.807, 2.05) is 0 Å². The van der Waals surface area contributed by atoms with Crippen LogP contribution in [-0.2, 0) is 6.42 Å². The maximum Gasteiger partial charge on any atom is 0.323 e. The molecule has 1 heterocycles. The Kier molecular flexibility index (Phi) is 2.39. The number of hydrogen-bond acceptors (Lipinski definition) is 3. The zero-order valence-corrected chi connectivity index (χ0v) is 6.28. The first-order valence-electron chi connectivity index (χ1n) is 2.98. The van der Waals surface area contributed by atoms with Gasteiger partial charge in [-0.2, -0.15) is 4.37 Å². The van der Waals surface area contributed by atoms with Crippen LogP contribution in [0.4, 0.5) is 0 Å². The summed E-state index contributed by atoms with van der Waals surface area (Å²) in [6.45, 7) is 3.57. The van der Waals surface area contributed by atoms with Gasteiger partial charge in [0.1, 0.15) is 5.82 Å². The van der Waals surface area contributed by atoms with Crippen LogP contribution in [0.15, 0.2) is 17.4 Å². The van der Waals surface area contributed by atoms with Crippen LogP contribution < -0.4 is 4.87 Å². The number of rotatable bonds is 3. The van der Waals surface area contributed by atoms with E-state index in [0.717, 1.165) is 30.2 Å². The van der Waals surface area contributed by atoms with E-state index in [-0.39, 0.29) is 4.87 Å². The molecule has 1 N–H and O–H groups in total. The summed E-state index contributed by atoms with van der Waals surface area (Å²) in [5, 5.41) is 0. The molecule has 0 aliphatic heterocycles. The summed E-state index contributed by atoms with van der Waals surface area (Å²) >= 11 is 0.959. The molecule has 0 amide bonds. The number of aromatic nitrogens is 2. The Morgan fingerprint density at radius 3 is 3.10 bits per heavy atom. The van der Waals surface area contributed by atoms with Crippen LogP contribution in [0.2, 0.25) is 0 Å². The standard InChI is InChI=1S/C6H8N2OS/c1-2-3-4-5-7-6(9)10-8-5/h2H,1,3-4H2,(H,7,8,9). The van der Waals surface area contributed by atoms with E-state index in [0.29, 0.717) is 0 Å². The summed E-state index contributed by atoms with van der Waals surface area (Å²) in [6, 6.07) is 0. The third kappa shape index (κ3) is 1.80. The maximum atomic E-state index is 10.5. The maximum absolute atomic E-state index is 10.5. The first-order chi connectivity index (χ1) is 4.83. The molecule has 0 aromatic carbocycles. The van der Waals surface area contributed by atoms with Crippen LogP contribution in [0.1, 0.15) is 12.2 Å². The molecule has 54 valence electrons. The Labute approximate surface area is 62.6 Å². The van der Waals surface area contributed by atoms with Gasteiger partial charge in [0.25, 0.3) is 0 Å². The summed E-state index contributed by atoms with van der Waals surface area (Å²) < 4.78 is 3.88. The number of H-pyrrole nitrogens is 1. The number of allylic oxidation sites excluding steroid dienone is 1. The van der Waals surface area contributed by atoms with Gasteiger partial charge in [-0.3, -0.25) is 9.78 Å². The van der Waals surface area contributed by atoms with Gasteiger partial charge in [0.05, 0.1) is 0 Å². The van der Waals surface area contributed by atoms with Crippen LogP contribution in [0.3, 0.4) is 0 Å². The van der Waals surface area contributed by atoms with Crippen LogP contribution in [0.5, 0.6) is 0 Å². The van der Waals surface area contributed by atoms with Crippen molar-refractivity contribution in [3.8, 4) is 0 Å². The van der Waals surface area contributed by atoms with Crippen molar-refractivity contribution in [1.82, 2.24) is 9.36 Å². The van der Waals surface area contributed by atoms with Crippen molar-refractivity contribution in [2.75, 3.05) is 0 Å². The van der Waals surface area contributed by atoms with Crippen molar-refractivity contribution in [3.05, 3.63) is 28.1 Å². The molecule has 0 fully saturated rings. The molecule has 0 aliphatic carbocycles. The van der Waals surface area contributed by atoms with Gasteiger partial charge in [-0.15, -0.1) is 6.58 Å². The lowest BCUT2D eigenvalue weighted by Crippen LogP contribution is -1.94.